The number of hydrogen-bond donors (Lipinski definition) is 1. The zero-order chi connectivity index (χ0) is 13.8. The zero-order valence-corrected chi connectivity index (χ0v) is 11.5. The van der Waals surface area contributed by atoms with E-state index in [1.54, 1.807) is 11.4 Å². The molecule has 0 fully saturated rings. The maximum Gasteiger partial charge on any atom is 0.225 e. The molecule has 2 rings (SSSR count). The number of rotatable bonds is 4. The Labute approximate surface area is 114 Å². The van der Waals surface area contributed by atoms with Gasteiger partial charge in [-0.1, -0.05) is 5.16 Å². The Morgan fingerprint density at radius 2 is 2.37 bits per heavy atom. The fourth-order valence-corrected chi connectivity index (χ4v) is 2.53. The molecule has 2 aromatic rings. The SMILES string of the molecule is Cc1noc(C)c1CCC(=O)Nc1sccc1C#N. The van der Waals surface area contributed by atoms with E-state index in [-0.39, 0.29) is 5.91 Å². The lowest BCUT2D eigenvalue weighted by Crippen LogP contribution is -2.12. The highest BCUT2D eigenvalue weighted by Crippen LogP contribution is 2.22. The van der Waals surface area contributed by atoms with Gasteiger partial charge in [0, 0.05) is 12.0 Å². The molecule has 0 aromatic carbocycles. The summed E-state index contributed by atoms with van der Waals surface area (Å²) in [5.74, 6) is 0.637. The second kappa shape index (κ2) is 5.67. The highest BCUT2D eigenvalue weighted by molar-refractivity contribution is 7.14. The maximum absolute atomic E-state index is 11.8. The summed E-state index contributed by atoms with van der Waals surface area (Å²) in [6.45, 7) is 3.69. The normalized spacial score (nSPS) is 10.2. The van der Waals surface area contributed by atoms with Crippen LogP contribution >= 0.6 is 11.3 Å². The molecule has 0 bridgehead atoms. The van der Waals surface area contributed by atoms with Crippen LogP contribution in [-0.2, 0) is 11.2 Å². The van der Waals surface area contributed by atoms with Crippen molar-refractivity contribution in [3.05, 3.63) is 34.0 Å². The molecule has 0 aliphatic carbocycles. The second-order valence-corrected chi connectivity index (χ2v) is 5.04. The molecule has 19 heavy (non-hydrogen) atoms. The summed E-state index contributed by atoms with van der Waals surface area (Å²) in [7, 11) is 0. The van der Waals surface area contributed by atoms with Crippen LogP contribution < -0.4 is 5.32 Å². The van der Waals surface area contributed by atoms with Gasteiger partial charge in [-0.15, -0.1) is 11.3 Å². The average Bonchev–Trinajstić information content (AvgIpc) is 2.95. The average molecular weight is 275 g/mol. The Kier molecular flexibility index (Phi) is 3.97. The lowest BCUT2D eigenvalue weighted by atomic mass is 10.1. The Morgan fingerprint density at radius 1 is 1.58 bits per heavy atom. The first-order valence-corrected chi connectivity index (χ1v) is 6.69. The van der Waals surface area contributed by atoms with E-state index in [1.165, 1.54) is 11.3 Å². The van der Waals surface area contributed by atoms with E-state index in [9.17, 15) is 4.79 Å². The molecule has 1 amide bonds. The van der Waals surface area contributed by atoms with Crippen LogP contribution in [0.25, 0.3) is 0 Å². The highest BCUT2D eigenvalue weighted by Gasteiger charge is 2.12. The summed E-state index contributed by atoms with van der Waals surface area (Å²) in [6.07, 6.45) is 0.923. The van der Waals surface area contributed by atoms with Crippen LogP contribution in [0, 0.1) is 25.2 Å². The first kappa shape index (κ1) is 13.3. The molecule has 0 unspecified atom stereocenters. The predicted octanol–water partition coefficient (Wildman–Crippen LogP) is 2.80. The van der Waals surface area contributed by atoms with Crippen molar-refractivity contribution in [2.24, 2.45) is 0 Å². The summed E-state index contributed by atoms with van der Waals surface area (Å²) >= 11 is 1.35. The van der Waals surface area contributed by atoms with Crippen molar-refractivity contribution >= 4 is 22.2 Å². The lowest BCUT2D eigenvalue weighted by Gasteiger charge is -2.03. The lowest BCUT2D eigenvalue weighted by molar-refractivity contribution is -0.116. The van der Waals surface area contributed by atoms with Crippen molar-refractivity contribution in [2.45, 2.75) is 26.7 Å². The molecule has 0 atom stereocenters. The Morgan fingerprint density at radius 3 is 3.00 bits per heavy atom. The minimum Gasteiger partial charge on any atom is -0.361 e. The quantitative estimate of drug-likeness (QED) is 0.930. The van der Waals surface area contributed by atoms with Crippen molar-refractivity contribution in [3.63, 3.8) is 0 Å². The number of thiophene rings is 1. The molecule has 0 radical (unpaired) electrons. The number of carbonyl (C=O) groups is 1. The van der Waals surface area contributed by atoms with Gasteiger partial charge in [0.25, 0.3) is 0 Å². The third-order valence-electron chi connectivity index (χ3n) is 2.82. The minimum atomic E-state index is -0.112. The van der Waals surface area contributed by atoms with E-state index in [0.29, 0.717) is 23.4 Å². The van der Waals surface area contributed by atoms with Crippen LogP contribution in [0.1, 0.15) is 29.0 Å². The van der Waals surface area contributed by atoms with E-state index >= 15 is 0 Å². The number of hydrogen-bond acceptors (Lipinski definition) is 5. The predicted molar refractivity (Wildman–Crippen MR) is 72.0 cm³/mol. The third-order valence-corrected chi connectivity index (χ3v) is 3.65. The first-order valence-electron chi connectivity index (χ1n) is 5.81. The van der Waals surface area contributed by atoms with E-state index in [2.05, 4.69) is 10.5 Å². The van der Waals surface area contributed by atoms with Gasteiger partial charge in [0.05, 0.1) is 11.3 Å². The molecule has 5 nitrogen and oxygen atoms in total. The van der Waals surface area contributed by atoms with Gasteiger partial charge in [-0.05, 0) is 31.7 Å². The van der Waals surface area contributed by atoms with Gasteiger partial charge in [0.1, 0.15) is 16.8 Å². The fourth-order valence-electron chi connectivity index (χ4n) is 1.78. The third kappa shape index (κ3) is 3.01. The standard InChI is InChI=1S/C13H13N3O2S/c1-8-11(9(2)18-16-8)3-4-12(17)15-13-10(7-14)5-6-19-13/h5-6H,3-4H2,1-2H3,(H,15,17). The molecular weight excluding hydrogens is 262 g/mol. The number of nitrogens with zero attached hydrogens (tertiary/aromatic N) is 2. The topological polar surface area (TPSA) is 78.9 Å². The number of amides is 1. The van der Waals surface area contributed by atoms with Crippen LogP contribution in [0.4, 0.5) is 5.00 Å². The van der Waals surface area contributed by atoms with Gasteiger partial charge in [-0.2, -0.15) is 5.26 Å². The molecule has 0 saturated carbocycles. The number of nitrogens with one attached hydrogen (secondary N) is 1. The number of nitriles is 1. The molecule has 0 saturated heterocycles. The summed E-state index contributed by atoms with van der Waals surface area (Å²) in [6, 6.07) is 3.73. The van der Waals surface area contributed by atoms with Gasteiger partial charge in [-0.25, -0.2) is 0 Å². The van der Waals surface area contributed by atoms with Gasteiger partial charge in [0.2, 0.25) is 5.91 Å². The van der Waals surface area contributed by atoms with Crippen molar-refractivity contribution < 1.29 is 9.32 Å². The molecule has 6 heteroatoms. The number of aryl methyl sites for hydroxylation is 2. The Hall–Kier alpha value is -2.13. The minimum absolute atomic E-state index is 0.112. The van der Waals surface area contributed by atoms with E-state index in [4.69, 9.17) is 9.78 Å². The maximum atomic E-state index is 11.8. The number of anilines is 1. The fraction of sp³-hybridized carbons (Fsp3) is 0.308. The van der Waals surface area contributed by atoms with Gasteiger partial charge in [0.15, 0.2) is 0 Å². The monoisotopic (exact) mass is 275 g/mol. The van der Waals surface area contributed by atoms with Crippen LogP contribution in [0.2, 0.25) is 0 Å². The molecule has 2 heterocycles. The van der Waals surface area contributed by atoms with Gasteiger partial charge in [-0.3, -0.25) is 4.79 Å². The number of carbonyl (C=O) groups excluding carboxylic acids is 1. The molecule has 0 aliphatic rings. The van der Waals surface area contributed by atoms with E-state index in [1.807, 2.05) is 19.9 Å². The summed E-state index contributed by atoms with van der Waals surface area (Å²) < 4.78 is 5.05. The molecule has 0 spiro atoms. The second-order valence-electron chi connectivity index (χ2n) is 4.13. The van der Waals surface area contributed by atoms with Crippen molar-refractivity contribution in [1.29, 1.82) is 5.26 Å². The van der Waals surface area contributed by atoms with Crippen LogP contribution in [-0.4, -0.2) is 11.1 Å². The zero-order valence-electron chi connectivity index (χ0n) is 10.7. The largest absolute Gasteiger partial charge is 0.361 e. The molecular formula is C13H13N3O2S. The van der Waals surface area contributed by atoms with Crippen LogP contribution in [0.15, 0.2) is 16.0 Å². The van der Waals surface area contributed by atoms with Gasteiger partial charge < -0.3 is 9.84 Å². The van der Waals surface area contributed by atoms with Crippen LogP contribution in [0.3, 0.4) is 0 Å². The molecule has 2 aromatic heterocycles. The van der Waals surface area contributed by atoms with E-state index in [0.717, 1.165) is 17.0 Å². The molecule has 1 N–H and O–H groups in total. The van der Waals surface area contributed by atoms with Crippen molar-refractivity contribution in [2.75, 3.05) is 5.32 Å². The van der Waals surface area contributed by atoms with Crippen LogP contribution in [0.5, 0.6) is 0 Å². The Balaban J connectivity index is 1.94. The Bertz CT molecular complexity index is 617. The summed E-state index contributed by atoms with van der Waals surface area (Å²) in [5, 5.41) is 17.8. The smallest absolute Gasteiger partial charge is 0.225 e. The molecule has 0 aliphatic heterocycles. The molecule has 98 valence electrons. The first-order chi connectivity index (χ1) is 9.11. The van der Waals surface area contributed by atoms with Gasteiger partial charge >= 0.3 is 0 Å². The summed E-state index contributed by atoms with van der Waals surface area (Å²) in [5.41, 5.74) is 2.29. The number of aromatic nitrogens is 1. The highest BCUT2D eigenvalue weighted by atomic mass is 32.1. The summed E-state index contributed by atoms with van der Waals surface area (Å²) in [4.78, 5) is 11.8. The van der Waals surface area contributed by atoms with E-state index < -0.39 is 0 Å². The van der Waals surface area contributed by atoms with Crippen molar-refractivity contribution in [1.82, 2.24) is 5.16 Å². The van der Waals surface area contributed by atoms with Crippen molar-refractivity contribution in [3.8, 4) is 6.07 Å².